The van der Waals surface area contributed by atoms with Crippen molar-refractivity contribution in [1.29, 1.82) is 0 Å². The second kappa shape index (κ2) is 7.29. The van der Waals surface area contributed by atoms with Crippen LogP contribution in [0.1, 0.15) is 16.1 Å². The van der Waals surface area contributed by atoms with E-state index in [9.17, 15) is 9.59 Å². The number of carbonyl (C=O) groups excluding carboxylic acids is 2. The van der Waals surface area contributed by atoms with Crippen LogP contribution in [0, 0.1) is 6.92 Å². The summed E-state index contributed by atoms with van der Waals surface area (Å²) in [4.78, 5) is 24.2. The molecule has 0 saturated carbocycles. The number of fused-ring (bicyclic) bond motifs is 1. The Bertz CT molecular complexity index is 967. The van der Waals surface area contributed by atoms with Crippen molar-refractivity contribution in [2.24, 2.45) is 0 Å². The molecule has 1 heterocycles. The van der Waals surface area contributed by atoms with Crippen molar-refractivity contribution in [3.05, 3.63) is 63.3 Å². The predicted octanol–water partition coefficient (Wildman–Crippen LogP) is 4.95. The van der Waals surface area contributed by atoms with E-state index in [2.05, 4.69) is 21.2 Å². The number of hydrogen-bond donors (Lipinski definition) is 1. The SMILES string of the molecule is Cc1c(C(=O)OCC(=O)Nc2ccccc2Br)oc2ccc(Cl)cc12. The minimum Gasteiger partial charge on any atom is -0.450 e. The number of esters is 1. The molecule has 0 radical (unpaired) electrons. The quantitative estimate of drug-likeness (QED) is 0.604. The summed E-state index contributed by atoms with van der Waals surface area (Å²) >= 11 is 9.29. The molecule has 25 heavy (non-hydrogen) atoms. The van der Waals surface area contributed by atoms with Gasteiger partial charge >= 0.3 is 5.97 Å². The van der Waals surface area contributed by atoms with Crippen LogP contribution in [0.5, 0.6) is 0 Å². The number of para-hydroxylation sites is 1. The highest BCUT2D eigenvalue weighted by Crippen LogP contribution is 2.28. The van der Waals surface area contributed by atoms with Crippen molar-refractivity contribution < 1.29 is 18.7 Å². The molecule has 1 aromatic heterocycles. The van der Waals surface area contributed by atoms with E-state index in [0.717, 1.165) is 9.86 Å². The van der Waals surface area contributed by atoms with E-state index in [0.29, 0.717) is 21.9 Å². The number of furan rings is 1. The summed E-state index contributed by atoms with van der Waals surface area (Å²) in [5, 5.41) is 3.93. The molecule has 7 heteroatoms. The summed E-state index contributed by atoms with van der Waals surface area (Å²) in [5.41, 5.74) is 1.75. The van der Waals surface area contributed by atoms with Crippen LogP contribution in [0.25, 0.3) is 11.0 Å². The average Bonchev–Trinajstić information content (AvgIpc) is 2.91. The summed E-state index contributed by atoms with van der Waals surface area (Å²) in [6.45, 7) is 1.32. The number of hydrogen-bond acceptors (Lipinski definition) is 4. The molecule has 5 nitrogen and oxygen atoms in total. The van der Waals surface area contributed by atoms with Crippen LogP contribution in [0.15, 0.2) is 51.4 Å². The number of nitrogens with one attached hydrogen (secondary N) is 1. The summed E-state index contributed by atoms with van der Waals surface area (Å²) < 4.78 is 11.3. The van der Waals surface area contributed by atoms with Crippen molar-refractivity contribution in [3.63, 3.8) is 0 Å². The fourth-order valence-electron chi connectivity index (χ4n) is 2.33. The molecule has 128 valence electrons. The Kier molecular flexibility index (Phi) is 5.11. The number of halogens is 2. The smallest absolute Gasteiger partial charge is 0.375 e. The Morgan fingerprint density at radius 1 is 1.24 bits per heavy atom. The van der Waals surface area contributed by atoms with Gasteiger partial charge in [0.2, 0.25) is 5.76 Å². The van der Waals surface area contributed by atoms with Crippen molar-refractivity contribution in [2.75, 3.05) is 11.9 Å². The molecule has 3 rings (SSSR count). The lowest BCUT2D eigenvalue weighted by molar-refractivity contribution is -0.119. The molecule has 3 aromatic rings. The first kappa shape index (κ1) is 17.5. The molecule has 0 aliphatic carbocycles. The highest BCUT2D eigenvalue weighted by molar-refractivity contribution is 9.10. The molecule has 0 atom stereocenters. The second-order valence-electron chi connectivity index (χ2n) is 5.30. The van der Waals surface area contributed by atoms with Crippen molar-refractivity contribution in [2.45, 2.75) is 6.92 Å². The van der Waals surface area contributed by atoms with Crippen molar-refractivity contribution in [3.8, 4) is 0 Å². The molecule has 2 aromatic carbocycles. The van der Waals surface area contributed by atoms with Crippen LogP contribution < -0.4 is 5.32 Å². The summed E-state index contributed by atoms with van der Waals surface area (Å²) in [7, 11) is 0. The predicted molar refractivity (Wildman–Crippen MR) is 99.0 cm³/mol. The molecule has 0 spiro atoms. The lowest BCUT2D eigenvalue weighted by atomic mass is 10.1. The van der Waals surface area contributed by atoms with Crippen LogP contribution in [0.2, 0.25) is 5.02 Å². The van der Waals surface area contributed by atoms with E-state index in [-0.39, 0.29) is 5.76 Å². The average molecular weight is 423 g/mol. The number of rotatable bonds is 4. The van der Waals surface area contributed by atoms with Crippen LogP contribution in [-0.4, -0.2) is 18.5 Å². The number of carbonyl (C=O) groups is 2. The molecule has 0 saturated heterocycles. The molecule has 0 aliphatic rings. The number of benzene rings is 2. The van der Waals surface area contributed by atoms with Crippen LogP contribution >= 0.6 is 27.5 Å². The van der Waals surface area contributed by atoms with E-state index >= 15 is 0 Å². The first-order chi connectivity index (χ1) is 12.0. The zero-order valence-electron chi connectivity index (χ0n) is 13.1. The van der Waals surface area contributed by atoms with Crippen molar-refractivity contribution in [1.82, 2.24) is 0 Å². The molecular formula is C18H13BrClNO4. The Morgan fingerprint density at radius 3 is 2.76 bits per heavy atom. The highest BCUT2D eigenvalue weighted by atomic mass is 79.9. The van der Waals surface area contributed by atoms with Crippen LogP contribution in [0.4, 0.5) is 5.69 Å². The topological polar surface area (TPSA) is 68.5 Å². The van der Waals surface area contributed by atoms with Gasteiger partial charge in [-0.15, -0.1) is 0 Å². The van der Waals surface area contributed by atoms with E-state index in [1.807, 2.05) is 6.07 Å². The van der Waals surface area contributed by atoms with Gasteiger partial charge in [-0.2, -0.15) is 0 Å². The van der Waals surface area contributed by atoms with Gasteiger partial charge in [0.05, 0.1) is 5.69 Å². The van der Waals surface area contributed by atoms with Gasteiger partial charge in [0.1, 0.15) is 5.58 Å². The van der Waals surface area contributed by atoms with Crippen LogP contribution in [0.3, 0.4) is 0 Å². The highest BCUT2D eigenvalue weighted by Gasteiger charge is 2.20. The van der Waals surface area contributed by atoms with E-state index in [1.165, 1.54) is 0 Å². The van der Waals surface area contributed by atoms with Gasteiger partial charge in [0.25, 0.3) is 5.91 Å². The number of amides is 1. The van der Waals surface area contributed by atoms with Gasteiger partial charge in [-0.25, -0.2) is 4.79 Å². The largest absolute Gasteiger partial charge is 0.450 e. The molecule has 0 fully saturated rings. The normalized spacial score (nSPS) is 10.7. The fraction of sp³-hybridized carbons (Fsp3) is 0.111. The number of aryl methyl sites for hydroxylation is 1. The Balaban J connectivity index is 1.67. The summed E-state index contributed by atoms with van der Waals surface area (Å²) in [6.07, 6.45) is 0. The first-order valence-electron chi connectivity index (χ1n) is 7.36. The Morgan fingerprint density at radius 2 is 2.00 bits per heavy atom. The Hall–Kier alpha value is -2.31. The van der Waals surface area contributed by atoms with E-state index in [4.69, 9.17) is 20.8 Å². The van der Waals surface area contributed by atoms with Crippen LogP contribution in [-0.2, 0) is 9.53 Å². The standard InChI is InChI=1S/C18H13BrClNO4/c1-10-12-8-11(20)6-7-15(12)25-17(10)18(23)24-9-16(22)21-14-5-3-2-4-13(14)19/h2-8H,9H2,1H3,(H,21,22). The number of ether oxygens (including phenoxy) is 1. The third-order valence-corrected chi connectivity index (χ3v) is 4.49. The van der Waals surface area contributed by atoms with E-state index < -0.39 is 18.5 Å². The van der Waals surface area contributed by atoms with Gasteiger partial charge < -0.3 is 14.5 Å². The maximum atomic E-state index is 12.2. The van der Waals surface area contributed by atoms with Gasteiger partial charge in [0, 0.05) is 20.4 Å². The van der Waals surface area contributed by atoms with Gasteiger partial charge in [-0.05, 0) is 53.2 Å². The molecule has 1 N–H and O–H groups in total. The monoisotopic (exact) mass is 421 g/mol. The third kappa shape index (κ3) is 3.86. The summed E-state index contributed by atoms with van der Waals surface area (Å²) in [5.74, 6) is -1.09. The van der Waals surface area contributed by atoms with Gasteiger partial charge in [-0.3, -0.25) is 4.79 Å². The summed E-state index contributed by atoms with van der Waals surface area (Å²) in [6, 6.07) is 12.2. The zero-order valence-corrected chi connectivity index (χ0v) is 15.5. The maximum Gasteiger partial charge on any atom is 0.375 e. The maximum absolute atomic E-state index is 12.2. The Labute approximate surface area is 157 Å². The van der Waals surface area contributed by atoms with Gasteiger partial charge in [0.15, 0.2) is 6.61 Å². The minimum atomic E-state index is -0.702. The lowest BCUT2D eigenvalue weighted by Gasteiger charge is -2.07. The molecule has 0 aliphatic heterocycles. The molecular weight excluding hydrogens is 410 g/mol. The van der Waals surface area contributed by atoms with Crippen molar-refractivity contribution >= 4 is 56.1 Å². The number of anilines is 1. The van der Waals surface area contributed by atoms with Gasteiger partial charge in [-0.1, -0.05) is 23.7 Å². The third-order valence-electron chi connectivity index (χ3n) is 3.57. The second-order valence-corrected chi connectivity index (χ2v) is 6.59. The lowest BCUT2D eigenvalue weighted by Crippen LogP contribution is -2.21. The molecule has 0 unspecified atom stereocenters. The van der Waals surface area contributed by atoms with E-state index in [1.54, 1.807) is 43.3 Å². The molecule has 1 amide bonds. The minimum absolute atomic E-state index is 0.0611. The zero-order chi connectivity index (χ0) is 18.0. The fourth-order valence-corrected chi connectivity index (χ4v) is 2.89. The first-order valence-corrected chi connectivity index (χ1v) is 8.53. The molecule has 0 bridgehead atoms.